The number of benzene rings is 1. The Hall–Kier alpha value is -1.79. The number of amides is 4. The number of urea groups is 1. The number of imide groups is 1. The first-order valence-corrected chi connectivity index (χ1v) is 8.10. The number of halogens is 2. The van der Waals surface area contributed by atoms with E-state index in [1.54, 1.807) is 19.1 Å². The molecule has 1 aromatic rings. The molecule has 0 unspecified atom stereocenters. The molecule has 0 bridgehead atoms. The zero-order valence-corrected chi connectivity index (χ0v) is 15.4. The van der Waals surface area contributed by atoms with Gasteiger partial charge in [0.1, 0.15) is 12.1 Å². The van der Waals surface area contributed by atoms with Gasteiger partial charge in [-0.25, -0.2) is 4.79 Å². The first-order valence-electron chi connectivity index (χ1n) is 7.35. The summed E-state index contributed by atoms with van der Waals surface area (Å²) in [6, 6.07) is 4.03. The lowest BCUT2D eigenvalue weighted by Crippen LogP contribution is -2.48. The molecule has 1 heterocycles. The first kappa shape index (κ1) is 18.5. The van der Waals surface area contributed by atoms with Crippen LogP contribution in [-0.4, -0.2) is 34.8 Å². The molecule has 0 spiro atoms. The third-order valence-electron chi connectivity index (χ3n) is 3.56. The Morgan fingerprint density at radius 2 is 1.92 bits per heavy atom. The minimum atomic E-state index is -1.35. The maximum atomic E-state index is 12.7. The van der Waals surface area contributed by atoms with E-state index in [2.05, 4.69) is 10.6 Å². The van der Waals surface area contributed by atoms with Gasteiger partial charge in [0.2, 0.25) is 5.91 Å². The summed E-state index contributed by atoms with van der Waals surface area (Å²) in [6.07, 6.45) is 0. The Morgan fingerprint density at radius 1 is 1.29 bits per heavy atom. The molecule has 1 atom stereocenters. The van der Waals surface area contributed by atoms with E-state index in [1.807, 2.05) is 20.8 Å². The summed E-state index contributed by atoms with van der Waals surface area (Å²) >= 11 is 12.0. The summed E-state index contributed by atoms with van der Waals surface area (Å²) in [5.41, 5.74) is -1.38. The lowest BCUT2D eigenvalue weighted by atomic mass is 9.92. The fraction of sp³-hybridized carbons (Fsp3) is 0.438. The molecule has 1 aliphatic rings. The van der Waals surface area contributed by atoms with Crippen molar-refractivity contribution in [2.45, 2.75) is 38.8 Å². The summed E-state index contributed by atoms with van der Waals surface area (Å²) in [5.74, 6) is -0.960. The molecule has 1 saturated heterocycles. The van der Waals surface area contributed by atoms with Crippen molar-refractivity contribution in [2.75, 3.05) is 6.54 Å². The third kappa shape index (κ3) is 3.65. The monoisotopic (exact) mass is 371 g/mol. The number of rotatable bonds is 3. The topological polar surface area (TPSA) is 78.5 Å². The summed E-state index contributed by atoms with van der Waals surface area (Å²) in [4.78, 5) is 37.9. The maximum absolute atomic E-state index is 12.7. The molecule has 6 nitrogen and oxygen atoms in total. The Labute approximate surface area is 150 Å². The van der Waals surface area contributed by atoms with Gasteiger partial charge >= 0.3 is 6.03 Å². The standard InChI is InChI=1S/C16H19Cl2N3O3/c1-15(2,3)19-12(22)8-21-13(23)16(4,20-14(21)24)10-6-5-9(17)7-11(10)18/h5-7H,8H2,1-4H3,(H,19,22)(H,20,24)/t16-/m1/s1. The van der Waals surface area contributed by atoms with Crippen molar-refractivity contribution in [1.82, 2.24) is 15.5 Å². The molecule has 0 saturated carbocycles. The number of hydrogen-bond donors (Lipinski definition) is 2. The normalized spacial score (nSPS) is 21.0. The molecule has 8 heteroatoms. The number of nitrogens with one attached hydrogen (secondary N) is 2. The van der Waals surface area contributed by atoms with Crippen molar-refractivity contribution in [1.29, 1.82) is 0 Å². The molecule has 2 rings (SSSR count). The van der Waals surface area contributed by atoms with Crippen LogP contribution in [0.2, 0.25) is 10.0 Å². The fourth-order valence-electron chi connectivity index (χ4n) is 2.52. The Balaban J connectivity index is 2.26. The maximum Gasteiger partial charge on any atom is 0.325 e. The fourth-order valence-corrected chi connectivity index (χ4v) is 3.12. The average molecular weight is 372 g/mol. The summed E-state index contributed by atoms with van der Waals surface area (Å²) < 4.78 is 0. The Bertz CT molecular complexity index is 715. The van der Waals surface area contributed by atoms with Gasteiger partial charge in [-0.3, -0.25) is 14.5 Å². The molecule has 0 radical (unpaired) electrons. The molecular weight excluding hydrogens is 353 g/mol. The highest BCUT2D eigenvalue weighted by Crippen LogP contribution is 2.34. The van der Waals surface area contributed by atoms with Gasteiger partial charge in [0.05, 0.1) is 0 Å². The second kappa shape index (κ2) is 6.26. The highest BCUT2D eigenvalue weighted by atomic mass is 35.5. The van der Waals surface area contributed by atoms with E-state index >= 15 is 0 Å². The number of hydrogen-bond acceptors (Lipinski definition) is 3. The van der Waals surface area contributed by atoms with Crippen LogP contribution >= 0.6 is 23.2 Å². The highest BCUT2D eigenvalue weighted by Gasteiger charge is 2.50. The highest BCUT2D eigenvalue weighted by molar-refractivity contribution is 6.35. The van der Waals surface area contributed by atoms with E-state index in [-0.39, 0.29) is 11.6 Å². The zero-order chi connectivity index (χ0) is 18.3. The second-order valence-electron chi connectivity index (χ2n) is 6.87. The predicted octanol–water partition coefficient (Wildman–Crippen LogP) is 2.68. The van der Waals surface area contributed by atoms with E-state index in [4.69, 9.17) is 23.2 Å². The minimum absolute atomic E-state index is 0.264. The van der Waals surface area contributed by atoms with E-state index in [0.29, 0.717) is 10.6 Å². The van der Waals surface area contributed by atoms with Gasteiger partial charge in [0.25, 0.3) is 5.91 Å². The molecular formula is C16H19Cl2N3O3. The number of carbonyl (C=O) groups is 3. The Morgan fingerprint density at radius 3 is 2.46 bits per heavy atom. The smallest absolute Gasteiger partial charge is 0.325 e. The van der Waals surface area contributed by atoms with Crippen molar-refractivity contribution in [3.05, 3.63) is 33.8 Å². The zero-order valence-electron chi connectivity index (χ0n) is 13.9. The van der Waals surface area contributed by atoms with Crippen molar-refractivity contribution in [3.63, 3.8) is 0 Å². The van der Waals surface area contributed by atoms with Crippen molar-refractivity contribution in [3.8, 4) is 0 Å². The molecule has 1 aromatic carbocycles. The average Bonchev–Trinajstić information content (AvgIpc) is 2.61. The molecule has 0 aromatic heterocycles. The molecule has 4 amide bonds. The number of carbonyl (C=O) groups excluding carboxylic acids is 3. The summed E-state index contributed by atoms with van der Waals surface area (Å²) in [6.45, 7) is 6.63. The van der Waals surface area contributed by atoms with Crippen molar-refractivity contribution >= 4 is 41.0 Å². The van der Waals surface area contributed by atoms with Crippen LogP contribution in [-0.2, 0) is 15.1 Å². The molecule has 2 N–H and O–H groups in total. The van der Waals surface area contributed by atoms with Gasteiger partial charge in [-0.1, -0.05) is 29.3 Å². The van der Waals surface area contributed by atoms with E-state index in [1.165, 1.54) is 6.07 Å². The van der Waals surface area contributed by atoms with E-state index in [0.717, 1.165) is 4.90 Å². The number of nitrogens with zero attached hydrogens (tertiary/aromatic N) is 1. The van der Waals surface area contributed by atoms with Crippen LogP contribution in [0.5, 0.6) is 0 Å². The molecule has 1 fully saturated rings. The lowest BCUT2D eigenvalue weighted by molar-refractivity contribution is -0.135. The lowest BCUT2D eigenvalue weighted by Gasteiger charge is -2.24. The van der Waals surface area contributed by atoms with E-state index in [9.17, 15) is 14.4 Å². The summed E-state index contributed by atoms with van der Waals surface area (Å²) in [7, 11) is 0. The quantitative estimate of drug-likeness (QED) is 0.801. The van der Waals surface area contributed by atoms with Crippen LogP contribution in [0, 0.1) is 0 Å². The van der Waals surface area contributed by atoms with Crippen LogP contribution in [0.3, 0.4) is 0 Å². The predicted molar refractivity (Wildman–Crippen MR) is 92.0 cm³/mol. The first-order chi connectivity index (χ1) is 10.9. The molecule has 0 aliphatic carbocycles. The van der Waals surface area contributed by atoms with Crippen LogP contribution in [0.25, 0.3) is 0 Å². The van der Waals surface area contributed by atoms with E-state index < -0.39 is 28.9 Å². The molecule has 1 aliphatic heterocycles. The minimum Gasteiger partial charge on any atom is -0.350 e. The van der Waals surface area contributed by atoms with Gasteiger partial charge in [0, 0.05) is 21.1 Å². The third-order valence-corrected chi connectivity index (χ3v) is 4.11. The molecule has 24 heavy (non-hydrogen) atoms. The van der Waals surface area contributed by atoms with Gasteiger partial charge in [0.15, 0.2) is 0 Å². The van der Waals surface area contributed by atoms with Crippen LogP contribution < -0.4 is 10.6 Å². The second-order valence-corrected chi connectivity index (χ2v) is 7.71. The van der Waals surface area contributed by atoms with Crippen molar-refractivity contribution in [2.24, 2.45) is 0 Å². The van der Waals surface area contributed by atoms with Gasteiger partial charge in [-0.2, -0.15) is 0 Å². The molecule has 130 valence electrons. The van der Waals surface area contributed by atoms with Crippen LogP contribution in [0.1, 0.15) is 33.3 Å². The Kier molecular flexibility index (Phi) is 4.84. The largest absolute Gasteiger partial charge is 0.350 e. The summed E-state index contributed by atoms with van der Waals surface area (Å²) in [5, 5.41) is 6.01. The van der Waals surface area contributed by atoms with Gasteiger partial charge in [-0.05, 0) is 39.8 Å². The van der Waals surface area contributed by atoms with Crippen molar-refractivity contribution < 1.29 is 14.4 Å². The van der Waals surface area contributed by atoms with Gasteiger partial charge in [-0.15, -0.1) is 0 Å². The SMILES string of the molecule is CC(C)(C)NC(=O)CN1C(=O)N[C@](C)(c2ccc(Cl)cc2Cl)C1=O. The van der Waals surface area contributed by atoms with Crippen LogP contribution in [0.15, 0.2) is 18.2 Å². The van der Waals surface area contributed by atoms with Gasteiger partial charge < -0.3 is 10.6 Å². The van der Waals surface area contributed by atoms with Crippen LogP contribution in [0.4, 0.5) is 4.79 Å².